The van der Waals surface area contributed by atoms with Crippen molar-refractivity contribution in [3.63, 3.8) is 0 Å². The summed E-state index contributed by atoms with van der Waals surface area (Å²) in [6, 6.07) is 8.55. The second-order valence-electron chi connectivity index (χ2n) is 7.05. The van der Waals surface area contributed by atoms with Gasteiger partial charge in [-0.3, -0.25) is 0 Å². The van der Waals surface area contributed by atoms with E-state index in [2.05, 4.69) is 9.97 Å². The second kappa shape index (κ2) is 8.10. The zero-order chi connectivity index (χ0) is 22.3. The normalized spacial score (nSPS) is 13.0. The van der Waals surface area contributed by atoms with Gasteiger partial charge in [-0.15, -0.1) is 11.3 Å². The summed E-state index contributed by atoms with van der Waals surface area (Å²) in [5.74, 6) is -1.39. The van der Waals surface area contributed by atoms with Gasteiger partial charge in [0.05, 0.1) is 10.3 Å². The van der Waals surface area contributed by atoms with Crippen LogP contribution in [0.25, 0.3) is 32.0 Å². The van der Waals surface area contributed by atoms with Gasteiger partial charge in [-0.2, -0.15) is 17.9 Å². The van der Waals surface area contributed by atoms with E-state index in [0.717, 1.165) is 10.3 Å². The molecule has 4 aromatic rings. The molecule has 0 amide bonds. The highest BCUT2D eigenvalue weighted by atomic mass is 32.2. The van der Waals surface area contributed by atoms with E-state index < -0.39 is 23.1 Å². The number of fused-ring (bicyclic) bond motifs is 1. The van der Waals surface area contributed by atoms with Crippen molar-refractivity contribution >= 4 is 32.9 Å². The van der Waals surface area contributed by atoms with Crippen molar-refractivity contribution < 1.29 is 22.5 Å². The Morgan fingerprint density at radius 3 is 2.61 bits per heavy atom. The number of hydrogen-bond acceptors (Lipinski definition) is 5. The molecule has 0 saturated heterocycles. The van der Waals surface area contributed by atoms with Crippen LogP contribution in [-0.4, -0.2) is 26.4 Å². The molecule has 0 aliphatic rings. The van der Waals surface area contributed by atoms with E-state index in [1.54, 1.807) is 37.4 Å². The van der Waals surface area contributed by atoms with E-state index in [-0.39, 0.29) is 4.90 Å². The molecule has 0 aliphatic carbocycles. The molecule has 0 spiro atoms. The number of pyridine rings is 2. The third-order valence-corrected chi connectivity index (χ3v) is 7.20. The number of benzene rings is 1. The molecular formula is C21H16F3N3O2S2. The molecule has 1 aromatic carbocycles. The minimum Gasteiger partial charge on any atom is -0.619 e. The van der Waals surface area contributed by atoms with Crippen LogP contribution < -0.4 is 4.73 Å². The first kappa shape index (κ1) is 21.5. The molecule has 160 valence electrons. The van der Waals surface area contributed by atoms with Crippen molar-refractivity contribution in [1.29, 1.82) is 0 Å². The molecule has 0 bridgehead atoms. The van der Waals surface area contributed by atoms with Crippen LogP contribution in [0.1, 0.15) is 11.1 Å². The lowest BCUT2D eigenvalue weighted by Crippen LogP contribution is -2.23. The SMILES string of the molecule is Cc1cc(C)c([S+]([O-])CC(F)(F)F)cc1-c1cnc2nc(-c3ccc[n+]([O-])c3)sc2c1. The van der Waals surface area contributed by atoms with Crippen molar-refractivity contribution in [2.24, 2.45) is 0 Å². The lowest BCUT2D eigenvalue weighted by atomic mass is 10.00. The summed E-state index contributed by atoms with van der Waals surface area (Å²) in [5.41, 5.74) is 3.92. The Bertz CT molecular complexity index is 1270. The first-order valence-electron chi connectivity index (χ1n) is 9.13. The molecule has 10 heteroatoms. The van der Waals surface area contributed by atoms with Gasteiger partial charge in [0.15, 0.2) is 22.9 Å². The fourth-order valence-electron chi connectivity index (χ4n) is 3.29. The predicted molar refractivity (Wildman–Crippen MR) is 114 cm³/mol. The van der Waals surface area contributed by atoms with E-state index >= 15 is 0 Å². The number of halogens is 3. The van der Waals surface area contributed by atoms with Crippen LogP contribution in [0.3, 0.4) is 0 Å². The van der Waals surface area contributed by atoms with Gasteiger partial charge in [0.1, 0.15) is 5.01 Å². The smallest absolute Gasteiger partial charge is 0.433 e. The Balaban J connectivity index is 1.75. The number of thiazole rings is 1. The number of aryl methyl sites for hydroxylation is 2. The molecule has 3 heterocycles. The van der Waals surface area contributed by atoms with Gasteiger partial charge < -0.3 is 9.76 Å². The maximum absolute atomic E-state index is 12.7. The summed E-state index contributed by atoms with van der Waals surface area (Å²) >= 11 is -0.833. The van der Waals surface area contributed by atoms with E-state index in [4.69, 9.17) is 0 Å². The Hall–Kier alpha value is -2.69. The second-order valence-corrected chi connectivity index (χ2v) is 9.51. The summed E-state index contributed by atoms with van der Waals surface area (Å²) in [6.07, 6.45) is -0.112. The van der Waals surface area contributed by atoms with E-state index in [1.165, 1.54) is 23.7 Å². The van der Waals surface area contributed by atoms with E-state index in [0.29, 0.717) is 37.6 Å². The molecule has 3 aromatic heterocycles. The van der Waals surface area contributed by atoms with Crippen LogP contribution in [-0.2, 0) is 11.2 Å². The van der Waals surface area contributed by atoms with Gasteiger partial charge in [0, 0.05) is 29.5 Å². The molecular weight excluding hydrogens is 447 g/mol. The van der Waals surface area contributed by atoms with Crippen LogP contribution >= 0.6 is 11.3 Å². The highest BCUT2D eigenvalue weighted by Gasteiger charge is 2.36. The summed E-state index contributed by atoms with van der Waals surface area (Å²) in [7, 11) is 0. The van der Waals surface area contributed by atoms with Crippen molar-refractivity contribution in [2.45, 2.75) is 24.9 Å². The lowest BCUT2D eigenvalue weighted by molar-refractivity contribution is -0.604. The summed E-state index contributed by atoms with van der Waals surface area (Å²) in [5, 5.41) is 12.2. The standard InChI is InChI=1S/C21H16F3N3O2S2/c1-12-6-13(2)18(31(29)11-21(22,23)24)8-16(12)15-7-17-19(25-9-15)26-20(30-17)14-4-3-5-27(28)10-14/h3-10H,11H2,1-2H3. The third-order valence-electron chi connectivity index (χ3n) is 4.64. The molecule has 0 radical (unpaired) electrons. The molecule has 4 rings (SSSR count). The zero-order valence-electron chi connectivity index (χ0n) is 16.4. The largest absolute Gasteiger partial charge is 0.619 e. The van der Waals surface area contributed by atoms with Gasteiger partial charge >= 0.3 is 6.18 Å². The highest BCUT2D eigenvalue weighted by Crippen LogP contribution is 2.35. The van der Waals surface area contributed by atoms with Crippen molar-refractivity contribution in [2.75, 3.05) is 5.75 Å². The number of rotatable bonds is 4. The van der Waals surface area contributed by atoms with Gasteiger partial charge in [-0.1, -0.05) is 6.07 Å². The molecule has 0 aliphatic heterocycles. The van der Waals surface area contributed by atoms with Crippen LogP contribution in [0.4, 0.5) is 13.2 Å². The van der Waals surface area contributed by atoms with Gasteiger partial charge in [0.2, 0.25) is 5.75 Å². The van der Waals surface area contributed by atoms with Crippen LogP contribution in [0.2, 0.25) is 0 Å². The van der Waals surface area contributed by atoms with Crippen LogP contribution in [0.5, 0.6) is 0 Å². The summed E-state index contributed by atoms with van der Waals surface area (Å²) in [4.78, 5) is 9.00. The fraction of sp³-hybridized carbons (Fsp3) is 0.190. The van der Waals surface area contributed by atoms with Gasteiger partial charge in [-0.05, 0) is 48.3 Å². The monoisotopic (exact) mass is 463 g/mol. The number of aromatic nitrogens is 3. The zero-order valence-corrected chi connectivity index (χ0v) is 18.1. The highest BCUT2D eigenvalue weighted by molar-refractivity contribution is 7.91. The third kappa shape index (κ3) is 4.65. The first-order valence-corrected chi connectivity index (χ1v) is 11.3. The number of nitrogens with zero attached hydrogens (tertiary/aromatic N) is 3. The van der Waals surface area contributed by atoms with Crippen molar-refractivity contribution in [3.8, 4) is 21.7 Å². The Kier molecular flexibility index (Phi) is 5.63. The number of hydrogen-bond donors (Lipinski definition) is 0. The summed E-state index contributed by atoms with van der Waals surface area (Å²) < 4.78 is 52.0. The molecule has 1 unspecified atom stereocenters. The molecule has 5 nitrogen and oxygen atoms in total. The van der Waals surface area contributed by atoms with Crippen LogP contribution in [0.15, 0.2) is 53.8 Å². The first-order chi connectivity index (χ1) is 14.6. The Labute approximate surface area is 183 Å². The molecule has 0 fully saturated rings. The van der Waals surface area contributed by atoms with E-state index in [9.17, 15) is 22.9 Å². The van der Waals surface area contributed by atoms with Crippen LogP contribution in [0, 0.1) is 19.1 Å². The Morgan fingerprint density at radius 2 is 1.90 bits per heavy atom. The molecule has 31 heavy (non-hydrogen) atoms. The van der Waals surface area contributed by atoms with Crippen molar-refractivity contribution in [3.05, 3.63) is 65.3 Å². The Morgan fingerprint density at radius 1 is 1.13 bits per heavy atom. The maximum Gasteiger partial charge on any atom is 0.433 e. The predicted octanol–water partition coefficient (Wildman–Crippen LogP) is 4.95. The minimum atomic E-state index is -4.51. The molecule has 0 saturated carbocycles. The molecule has 0 N–H and O–H groups in total. The van der Waals surface area contributed by atoms with Gasteiger partial charge in [-0.25, -0.2) is 9.97 Å². The minimum absolute atomic E-state index is 0.160. The number of alkyl halides is 3. The average Bonchev–Trinajstić information content (AvgIpc) is 3.10. The van der Waals surface area contributed by atoms with Crippen molar-refractivity contribution in [1.82, 2.24) is 9.97 Å². The lowest BCUT2D eigenvalue weighted by Gasteiger charge is -2.17. The quantitative estimate of drug-likeness (QED) is 0.244. The molecule has 1 atom stereocenters. The average molecular weight is 464 g/mol. The maximum atomic E-state index is 12.7. The van der Waals surface area contributed by atoms with Gasteiger partial charge in [0.25, 0.3) is 0 Å². The summed E-state index contributed by atoms with van der Waals surface area (Å²) in [6.45, 7) is 3.50. The fourth-order valence-corrected chi connectivity index (χ4v) is 5.36. The topological polar surface area (TPSA) is 75.8 Å². The van der Waals surface area contributed by atoms with E-state index in [1.807, 2.05) is 13.0 Å².